The minimum Gasteiger partial charge on any atom is -0.353 e. The van der Waals surface area contributed by atoms with Crippen LogP contribution in [0.1, 0.15) is 87.8 Å². The standard InChI is InChI=1S/C26H38N4O/c1-18-16-23-24(17-19(18)2)30(22-10-4-3-5-11-22)26(28-23)29-14-12-20(13-15-29)25(31)27-21-8-6-7-9-21/h16-17,20-22H,3-15H2,1-2H3,(H,27,31). The molecule has 31 heavy (non-hydrogen) atoms. The number of carbonyl (C=O) groups excluding carboxylic acids is 1. The van der Waals surface area contributed by atoms with E-state index in [4.69, 9.17) is 4.98 Å². The van der Waals surface area contributed by atoms with Crippen LogP contribution >= 0.6 is 0 Å². The fourth-order valence-electron chi connectivity index (χ4n) is 5.99. The van der Waals surface area contributed by atoms with Gasteiger partial charge < -0.3 is 14.8 Å². The first kappa shape index (κ1) is 20.8. The summed E-state index contributed by atoms with van der Waals surface area (Å²) in [7, 11) is 0. The first-order chi connectivity index (χ1) is 15.1. The Labute approximate surface area is 186 Å². The summed E-state index contributed by atoms with van der Waals surface area (Å²) < 4.78 is 2.56. The van der Waals surface area contributed by atoms with E-state index in [-0.39, 0.29) is 5.92 Å². The third-order valence-electron chi connectivity index (χ3n) is 8.08. The molecule has 5 heteroatoms. The summed E-state index contributed by atoms with van der Waals surface area (Å²) in [5.74, 6) is 1.59. The molecule has 2 aliphatic carbocycles. The van der Waals surface area contributed by atoms with E-state index < -0.39 is 0 Å². The Morgan fingerprint density at radius 1 is 0.903 bits per heavy atom. The first-order valence-electron chi connectivity index (χ1n) is 12.6. The number of nitrogens with one attached hydrogen (secondary N) is 1. The molecule has 0 unspecified atom stereocenters. The molecule has 1 aromatic carbocycles. The van der Waals surface area contributed by atoms with Gasteiger partial charge in [-0.2, -0.15) is 0 Å². The molecule has 1 amide bonds. The van der Waals surface area contributed by atoms with E-state index in [2.05, 4.69) is 40.8 Å². The number of rotatable bonds is 4. The van der Waals surface area contributed by atoms with Gasteiger partial charge in [0.1, 0.15) is 0 Å². The molecule has 2 saturated carbocycles. The summed E-state index contributed by atoms with van der Waals surface area (Å²) in [5.41, 5.74) is 5.09. The van der Waals surface area contributed by atoms with Crippen LogP contribution in [0.25, 0.3) is 11.0 Å². The van der Waals surface area contributed by atoms with Gasteiger partial charge in [-0.3, -0.25) is 4.79 Å². The van der Waals surface area contributed by atoms with Gasteiger partial charge in [0.15, 0.2) is 0 Å². The van der Waals surface area contributed by atoms with Crippen molar-refractivity contribution in [3.8, 4) is 0 Å². The van der Waals surface area contributed by atoms with E-state index >= 15 is 0 Å². The Bertz CT molecular complexity index is 929. The molecule has 0 radical (unpaired) electrons. The van der Waals surface area contributed by atoms with Gasteiger partial charge in [-0.15, -0.1) is 0 Å². The van der Waals surface area contributed by atoms with Gasteiger partial charge >= 0.3 is 0 Å². The van der Waals surface area contributed by atoms with Gasteiger partial charge in [0, 0.05) is 31.1 Å². The van der Waals surface area contributed by atoms with Crippen LogP contribution in [-0.4, -0.2) is 34.6 Å². The monoisotopic (exact) mass is 422 g/mol. The van der Waals surface area contributed by atoms with Gasteiger partial charge in [0.25, 0.3) is 0 Å². The lowest BCUT2D eigenvalue weighted by Gasteiger charge is -2.35. The number of nitrogens with zero attached hydrogens (tertiary/aromatic N) is 3. The molecule has 1 aliphatic heterocycles. The molecule has 5 nitrogen and oxygen atoms in total. The molecular formula is C26H38N4O. The molecule has 1 saturated heterocycles. The number of piperidine rings is 1. The predicted molar refractivity (Wildman–Crippen MR) is 127 cm³/mol. The smallest absolute Gasteiger partial charge is 0.223 e. The lowest BCUT2D eigenvalue weighted by Crippen LogP contribution is -2.44. The zero-order valence-electron chi connectivity index (χ0n) is 19.3. The molecule has 1 N–H and O–H groups in total. The number of carbonyl (C=O) groups is 1. The predicted octanol–water partition coefficient (Wildman–Crippen LogP) is 5.43. The van der Waals surface area contributed by atoms with Crippen molar-refractivity contribution in [2.24, 2.45) is 5.92 Å². The Morgan fingerprint density at radius 2 is 1.55 bits per heavy atom. The van der Waals surface area contributed by atoms with Gasteiger partial charge in [-0.1, -0.05) is 32.1 Å². The fraction of sp³-hybridized carbons (Fsp3) is 0.692. The Kier molecular flexibility index (Phi) is 5.94. The summed E-state index contributed by atoms with van der Waals surface area (Å²) >= 11 is 0. The summed E-state index contributed by atoms with van der Waals surface area (Å²) in [5, 5.41) is 3.32. The molecule has 5 rings (SSSR count). The number of benzene rings is 1. The van der Waals surface area contributed by atoms with E-state index in [0.717, 1.165) is 50.2 Å². The van der Waals surface area contributed by atoms with Crippen LogP contribution in [0.2, 0.25) is 0 Å². The van der Waals surface area contributed by atoms with Gasteiger partial charge in [-0.25, -0.2) is 4.98 Å². The fourth-order valence-corrected chi connectivity index (χ4v) is 5.99. The second-order valence-corrected chi connectivity index (χ2v) is 10.3. The molecule has 2 aromatic rings. The second-order valence-electron chi connectivity index (χ2n) is 10.3. The number of aryl methyl sites for hydroxylation is 2. The van der Waals surface area contributed by atoms with Crippen LogP contribution in [0.5, 0.6) is 0 Å². The summed E-state index contributed by atoms with van der Waals surface area (Å²) in [4.78, 5) is 20.4. The molecule has 0 bridgehead atoms. The summed E-state index contributed by atoms with van der Waals surface area (Å²) in [6.45, 7) is 6.25. The third-order valence-corrected chi connectivity index (χ3v) is 8.08. The van der Waals surface area contributed by atoms with E-state index in [1.165, 1.54) is 61.6 Å². The molecular weight excluding hydrogens is 384 g/mol. The van der Waals surface area contributed by atoms with Crippen LogP contribution in [0.4, 0.5) is 5.95 Å². The Morgan fingerprint density at radius 3 is 2.26 bits per heavy atom. The molecule has 0 spiro atoms. The molecule has 0 atom stereocenters. The Balaban J connectivity index is 1.36. The van der Waals surface area contributed by atoms with Crippen LogP contribution in [0, 0.1) is 19.8 Å². The van der Waals surface area contributed by atoms with E-state index in [0.29, 0.717) is 18.0 Å². The molecule has 3 fully saturated rings. The summed E-state index contributed by atoms with van der Waals surface area (Å²) in [6, 6.07) is 5.58. The van der Waals surface area contributed by atoms with Crippen molar-refractivity contribution in [2.75, 3.05) is 18.0 Å². The number of hydrogen-bond donors (Lipinski definition) is 1. The molecule has 2 heterocycles. The van der Waals surface area contributed by atoms with Crippen LogP contribution in [0.15, 0.2) is 12.1 Å². The average Bonchev–Trinajstić information content (AvgIpc) is 3.42. The highest BCUT2D eigenvalue weighted by Crippen LogP contribution is 2.37. The third kappa shape index (κ3) is 4.20. The quantitative estimate of drug-likeness (QED) is 0.714. The second kappa shape index (κ2) is 8.84. The maximum absolute atomic E-state index is 12.8. The van der Waals surface area contributed by atoms with Crippen molar-refractivity contribution in [2.45, 2.75) is 96.6 Å². The van der Waals surface area contributed by atoms with Gasteiger partial charge in [0.05, 0.1) is 11.0 Å². The number of anilines is 1. The van der Waals surface area contributed by atoms with Crippen molar-refractivity contribution in [1.82, 2.24) is 14.9 Å². The van der Waals surface area contributed by atoms with Crippen LogP contribution in [-0.2, 0) is 4.79 Å². The molecule has 1 aromatic heterocycles. The number of imidazole rings is 1. The maximum atomic E-state index is 12.8. The van der Waals surface area contributed by atoms with Crippen molar-refractivity contribution < 1.29 is 4.79 Å². The van der Waals surface area contributed by atoms with Gasteiger partial charge in [-0.05, 0) is 75.6 Å². The topological polar surface area (TPSA) is 50.2 Å². The van der Waals surface area contributed by atoms with Crippen molar-refractivity contribution in [3.05, 3.63) is 23.3 Å². The van der Waals surface area contributed by atoms with E-state index in [9.17, 15) is 4.79 Å². The van der Waals surface area contributed by atoms with Gasteiger partial charge in [0.2, 0.25) is 11.9 Å². The Hall–Kier alpha value is -2.04. The largest absolute Gasteiger partial charge is 0.353 e. The highest BCUT2D eigenvalue weighted by atomic mass is 16.1. The maximum Gasteiger partial charge on any atom is 0.223 e. The average molecular weight is 423 g/mol. The van der Waals surface area contributed by atoms with Crippen molar-refractivity contribution >= 4 is 22.9 Å². The zero-order valence-corrected chi connectivity index (χ0v) is 19.3. The lowest BCUT2D eigenvalue weighted by molar-refractivity contribution is -0.126. The van der Waals surface area contributed by atoms with E-state index in [1.54, 1.807) is 0 Å². The number of amides is 1. The number of fused-ring (bicyclic) bond motifs is 1. The normalized spacial score (nSPS) is 21.8. The first-order valence-corrected chi connectivity index (χ1v) is 12.6. The molecule has 168 valence electrons. The van der Waals surface area contributed by atoms with Crippen molar-refractivity contribution in [3.63, 3.8) is 0 Å². The molecule has 3 aliphatic rings. The minimum absolute atomic E-state index is 0.161. The summed E-state index contributed by atoms with van der Waals surface area (Å²) in [6.07, 6.45) is 13.2. The highest BCUT2D eigenvalue weighted by molar-refractivity contribution is 5.81. The minimum atomic E-state index is 0.161. The number of hydrogen-bond acceptors (Lipinski definition) is 3. The van der Waals surface area contributed by atoms with Crippen LogP contribution in [0.3, 0.4) is 0 Å². The lowest BCUT2D eigenvalue weighted by atomic mass is 9.94. The van der Waals surface area contributed by atoms with Crippen molar-refractivity contribution in [1.29, 1.82) is 0 Å². The number of aromatic nitrogens is 2. The highest BCUT2D eigenvalue weighted by Gasteiger charge is 2.31. The SMILES string of the molecule is Cc1cc2nc(N3CCC(C(=O)NC4CCCC4)CC3)n(C3CCCCC3)c2cc1C. The van der Waals surface area contributed by atoms with E-state index in [1.807, 2.05) is 0 Å². The zero-order chi connectivity index (χ0) is 21.4. The van der Waals surface area contributed by atoms with Crippen LogP contribution < -0.4 is 10.2 Å².